The molecular formula is C29H39N3O5. The monoisotopic (exact) mass is 509 g/mol. The number of amides is 1. The van der Waals surface area contributed by atoms with Crippen LogP contribution in [0.4, 0.5) is 0 Å². The summed E-state index contributed by atoms with van der Waals surface area (Å²) in [4.78, 5) is 34.4. The van der Waals surface area contributed by atoms with Crippen molar-refractivity contribution in [2.45, 2.75) is 53.0 Å². The first-order chi connectivity index (χ1) is 18.0. The van der Waals surface area contributed by atoms with Crippen LogP contribution in [0.25, 0.3) is 5.76 Å². The molecule has 37 heavy (non-hydrogen) atoms. The summed E-state index contributed by atoms with van der Waals surface area (Å²) in [7, 11) is 0. The van der Waals surface area contributed by atoms with Gasteiger partial charge in [-0.25, -0.2) is 0 Å². The maximum absolute atomic E-state index is 13.3. The zero-order valence-electron chi connectivity index (χ0n) is 22.4. The van der Waals surface area contributed by atoms with Gasteiger partial charge >= 0.3 is 0 Å². The molecule has 8 nitrogen and oxygen atoms in total. The molecule has 0 spiro atoms. The molecule has 1 N–H and O–H groups in total. The van der Waals surface area contributed by atoms with Gasteiger partial charge in [0.15, 0.2) is 11.5 Å². The molecule has 0 aliphatic carbocycles. The minimum absolute atomic E-state index is 0.0705. The Morgan fingerprint density at radius 2 is 1.73 bits per heavy atom. The van der Waals surface area contributed by atoms with Crippen LogP contribution in [0, 0.1) is 0 Å². The molecule has 0 radical (unpaired) electrons. The first kappa shape index (κ1) is 28.2. The third kappa shape index (κ3) is 6.68. The number of unbranched alkanes of at least 4 members (excludes halogenated alkanes) is 1. The lowest BCUT2D eigenvalue weighted by molar-refractivity contribution is -0.140. The van der Waals surface area contributed by atoms with Crippen LogP contribution in [0.3, 0.4) is 0 Å². The molecule has 1 amide bonds. The number of benzene rings is 1. The van der Waals surface area contributed by atoms with Gasteiger partial charge in [-0.05, 0) is 69.2 Å². The Morgan fingerprint density at radius 3 is 2.38 bits per heavy atom. The second kappa shape index (κ2) is 13.8. The number of carbonyl (C=O) groups excluding carboxylic acids is 2. The van der Waals surface area contributed by atoms with Gasteiger partial charge in [0.1, 0.15) is 5.76 Å². The molecule has 1 atom stereocenters. The normalized spacial score (nSPS) is 17.0. The van der Waals surface area contributed by atoms with Crippen LogP contribution < -0.4 is 9.47 Å². The van der Waals surface area contributed by atoms with E-state index in [0.717, 1.165) is 32.5 Å². The van der Waals surface area contributed by atoms with E-state index in [1.165, 1.54) is 0 Å². The second-order valence-electron chi connectivity index (χ2n) is 8.95. The summed E-state index contributed by atoms with van der Waals surface area (Å²) < 4.78 is 11.8. The fraction of sp³-hybridized carbons (Fsp3) is 0.483. The molecule has 1 saturated heterocycles. The number of nitrogens with zero attached hydrogens (tertiary/aromatic N) is 3. The fourth-order valence-corrected chi connectivity index (χ4v) is 4.54. The van der Waals surface area contributed by atoms with Gasteiger partial charge in [-0.3, -0.25) is 14.6 Å². The van der Waals surface area contributed by atoms with Crippen molar-refractivity contribution < 1.29 is 24.2 Å². The highest BCUT2D eigenvalue weighted by Gasteiger charge is 2.46. The summed E-state index contributed by atoms with van der Waals surface area (Å²) in [6, 6.07) is 7.98. The van der Waals surface area contributed by atoms with Gasteiger partial charge in [0.25, 0.3) is 11.7 Å². The molecule has 0 bridgehead atoms. The van der Waals surface area contributed by atoms with E-state index in [-0.39, 0.29) is 11.3 Å². The highest BCUT2D eigenvalue weighted by molar-refractivity contribution is 6.46. The molecule has 1 aromatic heterocycles. The fourth-order valence-electron chi connectivity index (χ4n) is 4.54. The first-order valence-corrected chi connectivity index (χ1v) is 13.3. The average Bonchev–Trinajstić information content (AvgIpc) is 3.17. The van der Waals surface area contributed by atoms with E-state index in [2.05, 4.69) is 30.7 Å². The summed E-state index contributed by atoms with van der Waals surface area (Å²) in [6.07, 6.45) is 5.72. The molecule has 2 heterocycles. The average molecular weight is 510 g/mol. The lowest BCUT2D eigenvalue weighted by Gasteiger charge is -2.27. The lowest BCUT2D eigenvalue weighted by Crippen LogP contribution is -2.33. The van der Waals surface area contributed by atoms with Gasteiger partial charge in [0, 0.05) is 24.5 Å². The quantitative estimate of drug-likeness (QED) is 0.169. The van der Waals surface area contributed by atoms with Crippen molar-refractivity contribution >= 4 is 17.4 Å². The SMILES string of the molecule is CCCCOc1ccc(C2/C(=C(\O)c3ccncc3)C(=O)C(=O)N2CCCN(CC)CC)cc1OCC. The minimum atomic E-state index is -0.742. The van der Waals surface area contributed by atoms with Gasteiger partial charge in [-0.2, -0.15) is 0 Å². The highest BCUT2D eigenvalue weighted by atomic mass is 16.5. The predicted octanol–water partition coefficient (Wildman–Crippen LogP) is 4.81. The molecule has 200 valence electrons. The topological polar surface area (TPSA) is 92.2 Å². The van der Waals surface area contributed by atoms with Crippen molar-refractivity contribution in [3.63, 3.8) is 0 Å². The Morgan fingerprint density at radius 1 is 1.00 bits per heavy atom. The maximum atomic E-state index is 13.3. The van der Waals surface area contributed by atoms with E-state index in [4.69, 9.17) is 9.47 Å². The van der Waals surface area contributed by atoms with Crippen molar-refractivity contribution in [1.82, 2.24) is 14.8 Å². The Hall–Kier alpha value is -3.39. The summed E-state index contributed by atoms with van der Waals surface area (Å²) in [6.45, 7) is 12.2. The van der Waals surface area contributed by atoms with Gasteiger partial charge in [0.2, 0.25) is 0 Å². The number of aromatic nitrogens is 1. The third-order valence-corrected chi connectivity index (χ3v) is 6.60. The largest absolute Gasteiger partial charge is 0.507 e. The van der Waals surface area contributed by atoms with Gasteiger partial charge < -0.3 is 24.4 Å². The van der Waals surface area contributed by atoms with Crippen molar-refractivity contribution in [3.8, 4) is 11.5 Å². The number of ether oxygens (including phenoxy) is 2. The van der Waals surface area contributed by atoms with E-state index in [0.29, 0.717) is 48.8 Å². The minimum Gasteiger partial charge on any atom is -0.507 e. The van der Waals surface area contributed by atoms with Crippen LogP contribution in [0.1, 0.15) is 64.1 Å². The zero-order chi connectivity index (χ0) is 26.8. The summed E-state index contributed by atoms with van der Waals surface area (Å²) in [5.41, 5.74) is 1.19. The van der Waals surface area contributed by atoms with E-state index >= 15 is 0 Å². The Balaban J connectivity index is 2.05. The van der Waals surface area contributed by atoms with Crippen LogP contribution in [0.2, 0.25) is 0 Å². The molecule has 2 aromatic rings. The van der Waals surface area contributed by atoms with Crippen LogP contribution in [-0.4, -0.2) is 71.0 Å². The number of likely N-dealkylation sites (tertiary alicyclic amines) is 1. The molecule has 0 saturated carbocycles. The third-order valence-electron chi connectivity index (χ3n) is 6.60. The van der Waals surface area contributed by atoms with Crippen molar-refractivity contribution in [3.05, 3.63) is 59.4 Å². The number of Topliss-reactive ketones (excluding diaryl/α,β-unsaturated/α-hetero) is 1. The molecular weight excluding hydrogens is 470 g/mol. The number of pyridine rings is 1. The number of aliphatic hydroxyl groups excluding tert-OH is 1. The molecule has 3 rings (SSSR count). The van der Waals surface area contributed by atoms with Crippen LogP contribution in [-0.2, 0) is 9.59 Å². The summed E-state index contributed by atoms with van der Waals surface area (Å²) >= 11 is 0. The number of aliphatic hydroxyl groups is 1. The number of hydrogen-bond donors (Lipinski definition) is 1. The van der Waals surface area contributed by atoms with Crippen molar-refractivity contribution in [2.75, 3.05) is 39.4 Å². The first-order valence-electron chi connectivity index (χ1n) is 13.3. The Labute approximate surface area is 219 Å². The number of rotatable bonds is 14. The molecule has 1 aliphatic rings. The standard InChI is InChI=1S/C29H39N3O5/c1-5-9-19-37-23-12-11-22(20-24(23)36-8-4)26-25(27(33)21-13-15-30-16-14-21)28(34)29(35)32(26)18-10-17-31(6-2)7-3/h11-16,20,26,33H,5-10,17-19H2,1-4H3/b27-25+. The molecule has 1 unspecified atom stereocenters. The van der Waals surface area contributed by atoms with Crippen LogP contribution in [0.15, 0.2) is 48.3 Å². The molecule has 1 fully saturated rings. The maximum Gasteiger partial charge on any atom is 0.295 e. The smallest absolute Gasteiger partial charge is 0.295 e. The number of carbonyl (C=O) groups is 2. The predicted molar refractivity (Wildman–Crippen MR) is 144 cm³/mol. The molecule has 1 aromatic carbocycles. The van der Waals surface area contributed by atoms with E-state index in [9.17, 15) is 14.7 Å². The lowest BCUT2D eigenvalue weighted by atomic mass is 9.95. The highest BCUT2D eigenvalue weighted by Crippen LogP contribution is 2.42. The van der Waals surface area contributed by atoms with E-state index < -0.39 is 17.7 Å². The summed E-state index contributed by atoms with van der Waals surface area (Å²) in [5, 5.41) is 11.2. The summed E-state index contributed by atoms with van der Waals surface area (Å²) in [5.74, 6) is -0.344. The van der Waals surface area contributed by atoms with Gasteiger partial charge in [0.05, 0.1) is 24.8 Å². The zero-order valence-corrected chi connectivity index (χ0v) is 22.4. The van der Waals surface area contributed by atoms with E-state index in [1.54, 1.807) is 29.4 Å². The van der Waals surface area contributed by atoms with Crippen LogP contribution >= 0.6 is 0 Å². The molecule has 1 aliphatic heterocycles. The number of hydrogen-bond acceptors (Lipinski definition) is 7. The second-order valence-corrected chi connectivity index (χ2v) is 8.95. The van der Waals surface area contributed by atoms with Crippen LogP contribution in [0.5, 0.6) is 11.5 Å². The van der Waals surface area contributed by atoms with Gasteiger partial charge in [-0.1, -0.05) is 33.3 Å². The van der Waals surface area contributed by atoms with Gasteiger partial charge in [-0.15, -0.1) is 0 Å². The Bertz CT molecular complexity index is 1080. The number of ketones is 1. The van der Waals surface area contributed by atoms with Crippen molar-refractivity contribution in [2.24, 2.45) is 0 Å². The van der Waals surface area contributed by atoms with E-state index in [1.807, 2.05) is 25.1 Å². The molecule has 8 heteroatoms. The van der Waals surface area contributed by atoms with Crippen molar-refractivity contribution in [1.29, 1.82) is 0 Å². The Kier molecular flexibility index (Phi) is 10.5.